The lowest BCUT2D eigenvalue weighted by molar-refractivity contribution is 0.661. The number of hydrogen-bond donors (Lipinski definition) is 0. The van der Waals surface area contributed by atoms with Gasteiger partial charge in [-0.1, -0.05) is 92.7 Å². The average molecular weight is 370 g/mol. The molecule has 0 aromatic heterocycles. The maximum atomic E-state index is 2.44. The summed E-state index contributed by atoms with van der Waals surface area (Å²) in [5.74, 6) is 0. The van der Waals surface area contributed by atoms with Gasteiger partial charge in [0.1, 0.15) is 0 Å². The van der Waals surface area contributed by atoms with E-state index in [9.17, 15) is 0 Å². The monoisotopic (exact) mass is 370 g/mol. The van der Waals surface area contributed by atoms with Crippen molar-refractivity contribution in [2.45, 2.75) is 19.3 Å². The fraction of sp³-hybridized carbons (Fsp3) is 0.103. The Kier molecular flexibility index (Phi) is 3.32. The second kappa shape index (κ2) is 5.81. The van der Waals surface area contributed by atoms with Gasteiger partial charge in [0, 0.05) is 5.41 Å². The molecule has 138 valence electrons. The van der Waals surface area contributed by atoms with E-state index in [1.165, 1.54) is 54.9 Å². The van der Waals surface area contributed by atoms with Crippen LogP contribution in [0, 0.1) is 0 Å². The van der Waals surface area contributed by atoms with E-state index in [2.05, 4.69) is 111 Å². The Morgan fingerprint density at radius 1 is 0.483 bits per heavy atom. The summed E-state index contributed by atoms with van der Waals surface area (Å²) in [4.78, 5) is 0. The van der Waals surface area contributed by atoms with E-state index < -0.39 is 0 Å². The minimum Gasteiger partial charge on any atom is -0.0622 e. The first-order valence-corrected chi connectivity index (χ1v) is 10.3. The maximum absolute atomic E-state index is 2.44. The van der Waals surface area contributed by atoms with Gasteiger partial charge in [0.2, 0.25) is 0 Å². The van der Waals surface area contributed by atoms with E-state index >= 15 is 0 Å². The van der Waals surface area contributed by atoms with Gasteiger partial charge in [-0.25, -0.2) is 0 Å². The number of fused-ring (bicyclic) bond motifs is 6. The zero-order chi connectivity index (χ0) is 19.6. The van der Waals surface area contributed by atoms with Gasteiger partial charge in [-0.15, -0.1) is 0 Å². The predicted octanol–water partition coefficient (Wildman–Crippen LogP) is 7.97. The second-order valence-electron chi connectivity index (χ2n) is 8.66. The molecule has 6 rings (SSSR count). The predicted molar refractivity (Wildman–Crippen MR) is 124 cm³/mol. The van der Waals surface area contributed by atoms with Crippen LogP contribution in [0.1, 0.15) is 25.0 Å². The lowest BCUT2D eigenvalue weighted by Gasteiger charge is -2.22. The van der Waals surface area contributed by atoms with Gasteiger partial charge in [0.15, 0.2) is 0 Å². The van der Waals surface area contributed by atoms with Crippen molar-refractivity contribution in [2.24, 2.45) is 0 Å². The molecule has 0 heteroatoms. The van der Waals surface area contributed by atoms with Gasteiger partial charge in [0.25, 0.3) is 0 Å². The van der Waals surface area contributed by atoms with E-state index in [1.807, 2.05) is 0 Å². The lowest BCUT2D eigenvalue weighted by atomic mass is 9.81. The van der Waals surface area contributed by atoms with Crippen LogP contribution >= 0.6 is 0 Å². The Labute approximate surface area is 171 Å². The zero-order valence-corrected chi connectivity index (χ0v) is 16.7. The molecule has 0 fully saturated rings. The van der Waals surface area contributed by atoms with Crippen LogP contribution < -0.4 is 0 Å². The molecule has 0 radical (unpaired) electrons. The Morgan fingerprint density at radius 2 is 1.21 bits per heavy atom. The van der Waals surface area contributed by atoms with Crippen LogP contribution in [0.3, 0.4) is 0 Å². The number of benzene rings is 5. The summed E-state index contributed by atoms with van der Waals surface area (Å²) >= 11 is 0. The molecule has 0 amide bonds. The Bertz CT molecular complexity index is 1400. The first-order valence-electron chi connectivity index (χ1n) is 10.3. The first-order chi connectivity index (χ1) is 14.1. The highest BCUT2D eigenvalue weighted by Crippen LogP contribution is 2.51. The molecule has 0 saturated heterocycles. The Hall–Kier alpha value is -3.38. The highest BCUT2D eigenvalue weighted by molar-refractivity contribution is 6.09. The average Bonchev–Trinajstić information content (AvgIpc) is 2.99. The standard InChI is InChI=1S/C29H22/c1-29(2)27-17-21(19-8-4-3-5-9-19)14-15-24(27)26-16-22-13-12-20-10-6-7-11-23(20)25(22)18-28(26)29/h3-18H,1-2H3. The zero-order valence-electron chi connectivity index (χ0n) is 16.7. The van der Waals surface area contributed by atoms with Gasteiger partial charge in [-0.2, -0.15) is 0 Å². The topological polar surface area (TPSA) is 0 Å². The van der Waals surface area contributed by atoms with Crippen molar-refractivity contribution in [1.82, 2.24) is 0 Å². The fourth-order valence-electron chi connectivity index (χ4n) is 5.05. The van der Waals surface area contributed by atoms with E-state index in [1.54, 1.807) is 0 Å². The Balaban J connectivity index is 1.62. The molecule has 0 unspecified atom stereocenters. The summed E-state index contributed by atoms with van der Waals surface area (Å²) in [6.45, 7) is 4.73. The van der Waals surface area contributed by atoms with Gasteiger partial charge in [0.05, 0.1) is 0 Å². The van der Waals surface area contributed by atoms with Crippen molar-refractivity contribution in [3.8, 4) is 22.3 Å². The molecule has 0 bridgehead atoms. The molecule has 0 aliphatic heterocycles. The van der Waals surface area contributed by atoms with Crippen LogP contribution in [0.4, 0.5) is 0 Å². The van der Waals surface area contributed by atoms with E-state index in [-0.39, 0.29) is 5.41 Å². The summed E-state index contributed by atoms with van der Waals surface area (Å²) in [5, 5.41) is 5.31. The van der Waals surface area contributed by atoms with Crippen molar-refractivity contribution < 1.29 is 0 Å². The molecule has 1 aliphatic rings. The lowest BCUT2D eigenvalue weighted by Crippen LogP contribution is -2.15. The molecule has 5 aromatic rings. The third kappa shape index (κ3) is 2.32. The first kappa shape index (κ1) is 16.6. The second-order valence-corrected chi connectivity index (χ2v) is 8.66. The third-order valence-corrected chi connectivity index (χ3v) is 6.65. The third-order valence-electron chi connectivity index (χ3n) is 6.65. The summed E-state index contributed by atoms with van der Waals surface area (Å²) in [5.41, 5.74) is 8.17. The van der Waals surface area contributed by atoms with Crippen molar-refractivity contribution in [3.63, 3.8) is 0 Å². The normalized spacial score (nSPS) is 14.1. The van der Waals surface area contributed by atoms with Crippen LogP contribution in [-0.2, 0) is 5.41 Å². The van der Waals surface area contributed by atoms with Crippen molar-refractivity contribution in [2.75, 3.05) is 0 Å². The van der Waals surface area contributed by atoms with Crippen LogP contribution in [0.15, 0.2) is 97.1 Å². The molecule has 0 spiro atoms. The maximum Gasteiger partial charge on any atom is 0.0159 e. The summed E-state index contributed by atoms with van der Waals surface area (Å²) in [7, 11) is 0. The van der Waals surface area contributed by atoms with Crippen molar-refractivity contribution in [3.05, 3.63) is 108 Å². The van der Waals surface area contributed by atoms with E-state index in [4.69, 9.17) is 0 Å². The number of rotatable bonds is 1. The molecule has 29 heavy (non-hydrogen) atoms. The van der Waals surface area contributed by atoms with Crippen LogP contribution in [0.25, 0.3) is 43.8 Å². The molecule has 0 saturated carbocycles. The SMILES string of the molecule is CC1(C)c2cc(-c3ccccc3)ccc2-c2cc3ccc4ccccc4c3cc21. The molecule has 0 N–H and O–H groups in total. The summed E-state index contributed by atoms with van der Waals surface area (Å²) in [6, 6.07) is 35.7. The highest BCUT2D eigenvalue weighted by atomic mass is 14.4. The number of hydrogen-bond acceptors (Lipinski definition) is 0. The van der Waals surface area contributed by atoms with Crippen molar-refractivity contribution in [1.29, 1.82) is 0 Å². The minimum atomic E-state index is -0.0133. The molecular weight excluding hydrogens is 348 g/mol. The fourth-order valence-corrected chi connectivity index (χ4v) is 5.05. The van der Waals surface area contributed by atoms with Crippen molar-refractivity contribution >= 4 is 21.5 Å². The van der Waals surface area contributed by atoms with Crippen LogP contribution in [-0.4, -0.2) is 0 Å². The van der Waals surface area contributed by atoms with Gasteiger partial charge in [-0.05, 0) is 73.1 Å². The molecule has 5 aromatic carbocycles. The Morgan fingerprint density at radius 3 is 2.07 bits per heavy atom. The quantitative estimate of drug-likeness (QED) is 0.262. The van der Waals surface area contributed by atoms with Crippen LogP contribution in [0.5, 0.6) is 0 Å². The molecule has 1 aliphatic carbocycles. The molecule has 0 nitrogen and oxygen atoms in total. The summed E-state index contributed by atoms with van der Waals surface area (Å²) < 4.78 is 0. The van der Waals surface area contributed by atoms with Crippen LogP contribution in [0.2, 0.25) is 0 Å². The van der Waals surface area contributed by atoms with Gasteiger partial charge < -0.3 is 0 Å². The molecule has 0 heterocycles. The summed E-state index contributed by atoms with van der Waals surface area (Å²) in [6.07, 6.45) is 0. The smallest absolute Gasteiger partial charge is 0.0159 e. The van der Waals surface area contributed by atoms with Gasteiger partial charge >= 0.3 is 0 Å². The molecular formula is C29H22. The van der Waals surface area contributed by atoms with E-state index in [0.717, 1.165) is 0 Å². The van der Waals surface area contributed by atoms with E-state index in [0.29, 0.717) is 0 Å². The minimum absolute atomic E-state index is 0.0133. The van der Waals surface area contributed by atoms with Gasteiger partial charge in [-0.3, -0.25) is 0 Å². The largest absolute Gasteiger partial charge is 0.0622 e. The molecule has 0 atom stereocenters. The highest BCUT2D eigenvalue weighted by Gasteiger charge is 2.36.